The first-order valence-electron chi connectivity index (χ1n) is 6.87. The molecule has 0 radical (unpaired) electrons. The number of hydrogen-bond donors (Lipinski definition) is 1. The zero-order valence-corrected chi connectivity index (χ0v) is 12.2. The molecule has 3 aromatic rings. The van der Waals surface area contributed by atoms with Crippen LogP contribution in [0.4, 0.5) is 14.6 Å². The Morgan fingerprint density at radius 3 is 2.82 bits per heavy atom. The molecule has 2 heterocycles. The number of benzene rings is 1. The Morgan fingerprint density at radius 1 is 1.23 bits per heavy atom. The maximum absolute atomic E-state index is 13.8. The molecule has 0 spiro atoms. The van der Waals surface area contributed by atoms with Crippen LogP contribution >= 0.6 is 0 Å². The Balaban J connectivity index is 1.79. The first-order chi connectivity index (χ1) is 10.6. The van der Waals surface area contributed by atoms with E-state index in [1.165, 1.54) is 18.5 Å². The molecule has 3 rings (SSSR count). The SMILES string of the molecule is CC(CNc1ncnc2c1ncn2C)c1ccc(F)cc1F. The van der Waals surface area contributed by atoms with Crippen molar-refractivity contribution >= 4 is 17.0 Å². The van der Waals surface area contributed by atoms with Crippen molar-refractivity contribution in [2.75, 3.05) is 11.9 Å². The van der Waals surface area contributed by atoms with Crippen LogP contribution < -0.4 is 5.32 Å². The lowest BCUT2D eigenvalue weighted by molar-refractivity contribution is 0.562. The molecule has 0 bridgehead atoms. The summed E-state index contributed by atoms with van der Waals surface area (Å²) >= 11 is 0. The summed E-state index contributed by atoms with van der Waals surface area (Å²) in [6.45, 7) is 2.31. The van der Waals surface area contributed by atoms with E-state index in [0.717, 1.165) is 11.7 Å². The molecule has 0 amide bonds. The smallest absolute Gasteiger partial charge is 0.165 e. The van der Waals surface area contributed by atoms with E-state index in [1.807, 2.05) is 14.0 Å². The maximum atomic E-state index is 13.8. The van der Waals surface area contributed by atoms with Gasteiger partial charge in [0.05, 0.1) is 6.33 Å². The van der Waals surface area contributed by atoms with Gasteiger partial charge in [-0.25, -0.2) is 23.7 Å². The van der Waals surface area contributed by atoms with E-state index in [1.54, 1.807) is 10.9 Å². The normalized spacial score (nSPS) is 12.5. The fourth-order valence-electron chi connectivity index (χ4n) is 2.34. The molecule has 0 saturated carbocycles. The molecule has 114 valence electrons. The first-order valence-corrected chi connectivity index (χ1v) is 6.87. The van der Waals surface area contributed by atoms with E-state index in [4.69, 9.17) is 0 Å². The van der Waals surface area contributed by atoms with Crippen molar-refractivity contribution in [3.63, 3.8) is 0 Å². The Labute approximate surface area is 126 Å². The van der Waals surface area contributed by atoms with E-state index in [0.29, 0.717) is 23.4 Å². The van der Waals surface area contributed by atoms with Gasteiger partial charge in [-0.2, -0.15) is 0 Å². The van der Waals surface area contributed by atoms with Crippen LogP contribution in [0.2, 0.25) is 0 Å². The number of halogens is 2. The average molecular weight is 303 g/mol. The standard InChI is InChI=1S/C15H15F2N5/c1-9(11-4-3-10(16)5-12(11)17)6-18-14-13-15(20-7-19-14)22(2)8-21-13/h3-5,7-9H,6H2,1-2H3,(H,18,19,20). The Hall–Kier alpha value is -2.57. The van der Waals surface area contributed by atoms with Gasteiger partial charge in [-0.1, -0.05) is 13.0 Å². The minimum Gasteiger partial charge on any atom is -0.368 e. The van der Waals surface area contributed by atoms with Crippen LogP contribution in [0.1, 0.15) is 18.4 Å². The summed E-state index contributed by atoms with van der Waals surface area (Å²) in [6, 6.07) is 3.62. The monoisotopic (exact) mass is 303 g/mol. The number of rotatable bonds is 4. The van der Waals surface area contributed by atoms with Gasteiger partial charge in [-0.05, 0) is 11.6 Å². The van der Waals surface area contributed by atoms with Crippen LogP contribution in [-0.4, -0.2) is 26.1 Å². The molecular weight excluding hydrogens is 288 g/mol. The van der Waals surface area contributed by atoms with Gasteiger partial charge in [0, 0.05) is 25.6 Å². The minimum atomic E-state index is -0.576. The molecule has 1 N–H and O–H groups in total. The number of aryl methyl sites for hydroxylation is 1. The van der Waals surface area contributed by atoms with Gasteiger partial charge in [0.25, 0.3) is 0 Å². The molecule has 2 aromatic heterocycles. The topological polar surface area (TPSA) is 55.6 Å². The summed E-state index contributed by atoms with van der Waals surface area (Å²) in [7, 11) is 1.85. The summed E-state index contributed by atoms with van der Waals surface area (Å²) in [5, 5.41) is 3.15. The quantitative estimate of drug-likeness (QED) is 0.805. The molecule has 1 aromatic carbocycles. The van der Waals surface area contributed by atoms with Crippen molar-refractivity contribution in [3.05, 3.63) is 48.1 Å². The van der Waals surface area contributed by atoms with Crippen LogP contribution in [0.5, 0.6) is 0 Å². The van der Waals surface area contributed by atoms with Crippen molar-refractivity contribution in [3.8, 4) is 0 Å². The van der Waals surface area contributed by atoms with Gasteiger partial charge in [0.15, 0.2) is 11.5 Å². The second-order valence-corrected chi connectivity index (χ2v) is 5.20. The third-order valence-electron chi connectivity index (χ3n) is 3.57. The van der Waals surface area contributed by atoms with Gasteiger partial charge in [-0.3, -0.25) is 0 Å². The summed E-state index contributed by atoms with van der Waals surface area (Å²) in [5.74, 6) is -0.665. The zero-order valence-electron chi connectivity index (χ0n) is 12.2. The molecule has 5 nitrogen and oxygen atoms in total. The highest BCUT2D eigenvalue weighted by Crippen LogP contribution is 2.22. The molecular formula is C15H15F2N5. The van der Waals surface area contributed by atoms with Crippen molar-refractivity contribution in [2.24, 2.45) is 7.05 Å². The van der Waals surface area contributed by atoms with Crippen molar-refractivity contribution < 1.29 is 8.78 Å². The van der Waals surface area contributed by atoms with Crippen molar-refractivity contribution in [1.82, 2.24) is 19.5 Å². The second-order valence-electron chi connectivity index (χ2n) is 5.20. The van der Waals surface area contributed by atoms with E-state index < -0.39 is 11.6 Å². The first kappa shape index (κ1) is 14.4. The number of nitrogens with one attached hydrogen (secondary N) is 1. The molecule has 0 aliphatic rings. The summed E-state index contributed by atoms with van der Waals surface area (Å²) < 4.78 is 28.5. The predicted molar refractivity (Wildman–Crippen MR) is 79.6 cm³/mol. The van der Waals surface area contributed by atoms with Gasteiger partial charge in [-0.15, -0.1) is 0 Å². The predicted octanol–water partition coefficient (Wildman–Crippen LogP) is 2.86. The van der Waals surface area contributed by atoms with Crippen molar-refractivity contribution in [2.45, 2.75) is 12.8 Å². The van der Waals surface area contributed by atoms with E-state index >= 15 is 0 Å². The van der Waals surface area contributed by atoms with E-state index in [2.05, 4.69) is 20.3 Å². The molecule has 0 fully saturated rings. The summed E-state index contributed by atoms with van der Waals surface area (Å²) in [6.07, 6.45) is 3.11. The van der Waals surface area contributed by atoms with Crippen LogP contribution in [0.25, 0.3) is 11.2 Å². The number of imidazole rings is 1. The highest BCUT2D eigenvalue weighted by atomic mass is 19.1. The van der Waals surface area contributed by atoms with Gasteiger partial charge in [0.1, 0.15) is 23.5 Å². The van der Waals surface area contributed by atoms with Crippen LogP contribution in [-0.2, 0) is 7.05 Å². The highest BCUT2D eigenvalue weighted by Gasteiger charge is 2.14. The lowest BCUT2D eigenvalue weighted by Gasteiger charge is -2.14. The van der Waals surface area contributed by atoms with E-state index in [-0.39, 0.29) is 5.92 Å². The maximum Gasteiger partial charge on any atom is 0.165 e. The van der Waals surface area contributed by atoms with E-state index in [9.17, 15) is 8.78 Å². The minimum absolute atomic E-state index is 0.144. The highest BCUT2D eigenvalue weighted by molar-refractivity contribution is 5.82. The molecule has 1 unspecified atom stereocenters. The fraction of sp³-hybridized carbons (Fsp3) is 0.267. The van der Waals surface area contributed by atoms with Crippen LogP contribution in [0.15, 0.2) is 30.9 Å². The summed E-state index contributed by atoms with van der Waals surface area (Å²) in [4.78, 5) is 12.6. The second kappa shape index (κ2) is 5.67. The van der Waals surface area contributed by atoms with Crippen LogP contribution in [0.3, 0.4) is 0 Å². The fourth-order valence-corrected chi connectivity index (χ4v) is 2.34. The number of aromatic nitrogens is 4. The largest absolute Gasteiger partial charge is 0.368 e. The Kier molecular flexibility index (Phi) is 3.70. The number of nitrogens with zero attached hydrogens (tertiary/aromatic N) is 4. The molecule has 0 aliphatic heterocycles. The van der Waals surface area contributed by atoms with Crippen molar-refractivity contribution in [1.29, 1.82) is 0 Å². The lowest BCUT2D eigenvalue weighted by atomic mass is 10.0. The molecule has 1 atom stereocenters. The number of anilines is 1. The lowest BCUT2D eigenvalue weighted by Crippen LogP contribution is -2.12. The average Bonchev–Trinajstić information content (AvgIpc) is 2.87. The molecule has 0 saturated heterocycles. The van der Waals surface area contributed by atoms with Gasteiger partial charge < -0.3 is 9.88 Å². The third kappa shape index (κ3) is 2.61. The molecule has 22 heavy (non-hydrogen) atoms. The molecule has 0 aliphatic carbocycles. The van der Waals surface area contributed by atoms with Crippen LogP contribution in [0, 0.1) is 11.6 Å². The Bertz CT molecular complexity index is 815. The third-order valence-corrected chi connectivity index (χ3v) is 3.57. The number of fused-ring (bicyclic) bond motifs is 1. The van der Waals surface area contributed by atoms with Gasteiger partial charge >= 0.3 is 0 Å². The Morgan fingerprint density at radius 2 is 2.05 bits per heavy atom. The molecule has 7 heteroatoms. The summed E-state index contributed by atoms with van der Waals surface area (Å²) in [5.41, 5.74) is 1.84. The zero-order chi connectivity index (χ0) is 15.7. The number of hydrogen-bond acceptors (Lipinski definition) is 4. The van der Waals surface area contributed by atoms with Gasteiger partial charge in [0.2, 0.25) is 0 Å².